The van der Waals surface area contributed by atoms with Crippen LogP contribution in [0.25, 0.3) is 0 Å². The van der Waals surface area contributed by atoms with E-state index in [2.05, 4.69) is 6.92 Å². The maximum atomic E-state index is 13.5. The van der Waals surface area contributed by atoms with Gasteiger partial charge in [-0.3, -0.25) is 0 Å². The summed E-state index contributed by atoms with van der Waals surface area (Å²) in [5.41, 5.74) is -0.600. The molecule has 3 aromatic rings. The molecule has 0 heterocycles. The molecule has 0 N–H and O–H groups in total. The van der Waals surface area contributed by atoms with Crippen LogP contribution >= 0.6 is 10.3 Å². The topological polar surface area (TPSA) is 78.9 Å². The summed E-state index contributed by atoms with van der Waals surface area (Å²) in [6, 6.07) is 26.1. The quantitative estimate of drug-likeness (QED) is 0.132. The van der Waals surface area contributed by atoms with Crippen LogP contribution in [-0.2, 0) is 23.3 Å². The standard InChI is InChI=1S/C32H42O6S2/c1-5-6-7-8-9-16-25-39(34,35)38-40(28-17-12-10-13-18-28,29-19-14-11-15-20-29)30-23-21-27(22-24-30)36-26-31(33)37-32(2,3)4/h10-15,17-24H,5-9,16,25-26H2,1-4H3. The van der Waals surface area contributed by atoms with E-state index in [-0.39, 0.29) is 12.4 Å². The Hall–Kier alpha value is -2.81. The molecule has 6 nitrogen and oxygen atoms in total. The van der Waals surface area contributed by atoms with Gasteiger partial charge in [-0.25, -0.2) is 8.42 Å². The molecule has 0 saturated heterocycles. The largest absolute Gasteiger partial charge is 0.482 e. The van der Waals surface area contributed by atoms with E-state index in [9.17, 15) is 13.2 Å². The molecule has 0 aliphatic heterocycles. The molecule has 0 bridgehead atoms. The van der Waals surface area contributed by atoms with Gasteiger partial charge in [0.05, 0.1) is 5.75 Å². The Morgan fingerprint density at radius 2 is 1.20 bits per heavy atom. The normalized spacial score (nSPS) is 12.6. The van der Waals surface area contributed by atoms with Gasteiger partial charge in [-0.1, -0.05) is 75.4 Å². The highest BCUT2D eigenvalue weighted by Crippen LogP contribution is 2.70. The molecule has 0 radical (unpaired) electrons. The van der Waals surface area contributed by atoms with E-state index < -0.39 is 32.0 Å². The smallest absolute Gasteiger partial charge is 0.344 e. The van der Waals surface area contributed by atoms with E-state index in [0.717, 1.165) is 41.9 Å². The van der Waals surface area contributed by atoms with Gasteiger partial charge in [0.15, 0.2) is 6.61 Å². The van der Waals surface area contributed by atoms with Crippen molar-refractivity contribution in [1.29, 1.82) is 0 Å². The zero-order valence-corrected chi connectivity index (χ0v) is 25.6. The number of carbonyl (C=O) groups is 1. The molecule has 8 heteroatoms. The van der Waals surface area contributed by atoms with Crippen LogP contribution in [0, 0.1) is 0 Å². The Balaban J connectivity index is 1.94. The summed E-state index contributed by atoms with van der Waals surface area (Å²) in [6.45, 7) is 7.34. The van der Waals surface area contributed by atoms with Gasteiger partial charge in [0.25, 0.3) is 10.1 Å². The van der Waals surface area contributed by atoms with Gasteiger partial charge >= 0.3 is 5.97 Å². The lowest BCUT2D eigenvalue weighted by Crippen LogP contribution is -2.27. The molecule has 0 saturated carbocycles. The van der Waals surface area contributed by atoms with Gasteiger partial charge in [-0.15, -0.1) is 0 Å². The van der Waals surface area contributed by atoms with Crippen molar-refractivity contribution in [1.82, 2.24) is 0 Å². The first-order valence-electron chi connectivity index (χ1n) is 13.9. The minimum absolute atomic E-state index is 0.0371. The molecule has 40 heavy (non-hydrogen) atoms. The van der Waals surface area contributed by atoms with Crippen molar-refractivity contribution in [2.24, 2.45) is 0 Å². The Kier molecular flexibility index (Phi) is 11.7. The van der Waals surface area contributed by atoms with Crippen LogP contribution in [-0.4, -0.2) is 32.3 Å². The summed E-state index contributed by atoms with van der Waals surface area (Å²) in [6.07, 6.45) is 5.85. The summed E-state index contributed by atoms with van der Waals surface area (Å²) in [5.74, 6) is -0.0295. The van der Waals surface area contributed by atoms with Crippen LogP contribution in [0.3, 0.4) is 0 Å². The van der Waals surface area contributed by atoms with Crippen molar-refractivity contribution in [3.8, 4) is 5.75 Å². The fourth-order valence-electron chi connectivity index (χ4n) is 4.24. The highest BCUT2D eigenvalue weighted by Gasteiger charge is 2.37. The molecule has 0 aliphatic carbocycles. The monoisotopic (exact) mass is 586 g/mol. The van der Waals surface area contributed by atoms with Crippen LogP contribution in [0.5, 0.6) is 5.75 Å². The first kappa shape index (κ1) is 31.7. The number of unbranched alkanes of at least 4 members (excludes halogenated alkanes) is 5. The first-order chi connectivity index (χ1) is 19.1. The number of ether oxygens (including phenoxy) is 2. The fraction of sp³-hybridized carbons (Fsp3) is 0.406. The van der Waals surface area contributed by atoms with Crippen molar-refractivity contribution < 1.29 is 26.3 Å². The van der Waals surface area contributed by atoms with Gasteiger partial charge in [0.1, 0.15) is 11.4 Å². The zero-order chi connectivity index (χ0) is 29.1. The predicted molar refractivity (Wildman–Crippen MR) is 161 cm³/mol. The molecule has 218 valence electrons. The summed E-state index contributed by atoms with van der Waals surface area (Å²) in [5, 5.41) is 0. The van der Waals surface area contributed by atoms with Crippen LogP contribution in [0.4, 0.5) is 0 Å². The lowest BCUT2D eigenvalue weighted by molar-refractivity contribution is -0.157. The van der Waals surface area contributed by atoms with E-state index >= 15 is 0 Å². The van der Waals surface area contributed by atoms with E-state index in [1.165, 1.54) is 0 Å². The fourth-order valence-corrected chi connectivity index (χ4v) is 9.67. The lowest BCUT2D eigenvalue weighted by atomic mass is 10.1. The first-order valence-corrected chi connectivity index (χ1v) is 17.0. The number of hydrogen-bond acceptors (Lipinski definition) is 6. The zero-order valence-electron chi connectivity index (χ0n) is 24.0. The van der Waals surface area contributed by atoms with Gasteiger partial charge in [0, 0.05) is 14.7 Å². The Morgan fingerprint density at radius 1 is 0.700 bits per heavy atom. The maximum absolute atomic E-state index is 13.5. The van der Waals surface area contributed by atoms with Crippen LogP contribution in [0.1, 0.15) is 66.2 Å². The third kappa shape index (κ3) is 9.39. The van der Waals surface area contributed by atoms with E-state index in [1.807, 2.05) is 72.8 Å². The predicted octanol–water partition coefficient (Wildman–Crippen LogP) is 8.31. The van der Waals surface area contributed by atoms with Crippen molar-refractivity contribution >= 4 is 26.4 Å². The Morgan fingerprint density at radius 3 is 1.73 bits per heavy atom. The summed E-state index contributed by atoms with van der Waals surface area (Å²) in [7, 11) is -6.53. The number of carbonyl (C=O) groups excluding carboxylic acids is 1. The summed E-state index contributed by atoms with van der Waals surface area (Å²) in [4.78, 5) is 14.4. The Labute approximate surface area is 241 Å². The molecule has 0 unspecified atom stereocenters. The SMILES string of the molecule is CCCCCCCCS(=O)(=O)OS(c1ccccc1)(c1ccccc1)c1ccc(OCC(=O)OC(C)(C)C)cc1. The number of benzene rings is 3. The number of esters is 1. The molecule has 3 rings (SSSR count). The average molecular weight is 587 g/mol. The van der Waals surface area contributed by atoms with Crippen molar-refractivity contribution in [3.63, 3.8) is 0 Å². The second kappa shape index (κ2) is 14.7. The van der Waals surface area contributed by atoms with E-state index in [4.69, 9.17) is 13.1 Å². The molecule has 0 amide bonds. The van der Waals surface area contributed by atoms with E-state index in [0.29, 0.717) is 17.1 Å². The minimum Gasteiger partial charge on any atom is -0.482 e. The van der Waals surface area contributed by atoms with Gasteiger partial charge < -0.3 is 9.47 Å². The maximum Gasteiger partial charge on any atom is 0.344 e. The van der Waals surface area contributed by atoms with Crippen molar-refractivity contribution in [3.05, 3.63) is 84.9 Å². The minimum atomic E-state index is -3.88. The third-order valence-electron chi connectivity index (χ3n) is 6.04. The van der Waals surface area contributed by atoms with Crippen LogP contribution < -0.4 is 4.74 Å². The molecular formula is C32H42O6S2. The van der Waals surface area contributed by atoms with E-state index in [1.54, 1.807) is 32.9 Å². The van der Waals surface area contributed by atoms with Gasteiger partial charge in [-0.05, 0) is 86.0 Å². The van der Waals surface area contributed by atoms with Crippen LogP contribution in [0.2, 0.25) is 0 Å². The molecule has 0 aliphatic rings. The third-order valence-corrected chi connectivity index (χ3v) is 11.3. The summed E-state index contributed by atoms with van der Waals surface area (Å²) < 4.78 is 44.4. The highest BCUT2D eigenvalue weighted by molar-refractivity contribution is 8.33. The van der Waals surface area contributed by atoms with Gasteiger partial charge in [-0.2, -0.15) is 8.42 Å². The molecule has 0 fully saturated rings. The van der Waals surface area contributed by atoms with Gasteiger partial charge in [0.2, 0.25) is 0 Å². The lowest BCUT2D eigenvalue weighted by Gasteiger charge is -2.39. The Bertz CT molecular complexity index is 1250. The molecule has 3 aromatic carbocycles. The average Bonchev–Trinajstić information content (AvgIpc) is 2.93. The number of hydrogen-bond donors (Lipinski definition) is 0. The second-order valence-corrected chi connectivity index (χ2v) is 15.2. The summed E-state index contributed by atoms with van der Waals surface area (Å²) >= 11 is 0. The molecule has 0 atom stereocenters. The van der Waals surface area contributed by atoms with Crippen LogP contribution in [0.15, 0.2) is 99.6 Å². The highest BCUT2D eigenvalue weighted by atomic mass is 32.3. The second-order valence-electron chi connectivity index (χ2n) is 10.6. The van der Waals surface area contributed by atoms with Crippen molar-refractivity contribution in [2.75, 3.05) is 12.4 Å². The molecule has 0 aromatic heterocycles. The number of rotatable bonds is 15. The molecule has 0 spiro atoms. The van der Waals surface area contributed by atoms with Crippen molar-refractivity contribution in [2.45, 2.75) is 86.5 Å². The molecular weight excluding hydrogens is 544 g/mol.